The second-order valence-electron chi connectivity index (χ2n) is 5.49. The van der Waals surface area contributed by atoms with Gasteiger partial charge in [0.05, 0.1) is 9.79 Å². The molecule has 0 aliphatic rings. The summed E-state index contributed by atoms with van der Waals surface area (Å²) >= 11 is 0. The summed E-state index contributed by atoms with van der Waals surface area (Å²) in [4.78, 5) is -0.0310. The standard InChI is InChI=1S/C18H12Cl2O6S2/c19-27(21,22)17-9-5-15(6-10-17)25-13-1-2-14(4-3-13)26-16-7-11-18(12-8-16)28(20,23)24/h1-12H. The molecule has 0 radical (unpaired) electrons. The van der Waals surface area contributed by atoms with Gasteiger partial charge in [0.25, 0.3) is 18.1 Å². The smallest absolute Gasteiger partial charge is 0.261 e. The summed E-state index contributed by atoms with van der Waals surface area (Å²) in [7, 11) is 2.98. The average Bonchev–Trinajstić information content (AvgIpc) is 2.63. The van der Waals surface area contributed by atoms with Crippen molar-refractivity contribution in [3.8, 4) is 23.0 Å². The maximum atomic E-state index is 11.2. The summed E-state index contributed by atoms with van der Waals surface area (Å²) in [6.45, 7) is 0. The molecule has 0 fully saturated rings. The molecular weight excluding hydrogens is 447 g/mol. The highest BCUT2D eigenvalue weighted by Gasteiger charge is 2.10. The van der Waals surface area contributed by atoms with Crippen LogP contribution in [0.2, 0.25) is 0 Å². The zero-order chi connectivity index (χ0) is 20.4. The molecule has 3 rings (SSSR count). The van der Waals surface area contributed by atoms with E-state index in [-0.39, 0.29) is 9.79 Å². The van der Waals surface area contributed by atoms with Crippen LogP contribution in [0.4, 0.5) is 0 Å². The fraction of sp³-hybridized carbons (Fsp3) is 0. The van der Waals surface area contributed by atoms with Crippen molar-refractivity contribution in [3.63, 3.8) is 0 Å². The molecule has 6 nitrogen and oxygen atoms in total. The highest BCUT2D eigenvalue weighted by atomic mass is 35.7. The Bertz CT molecular complexity index is 1080. The first-order valence-corrected chi connectivity index (χ1v) is 12.3. The van der Waals surface area contributed by atoms with E-state index in [1.165, 1.54) is 48.5 Å². The Morgan fingerprint density at radius 2 is 0.679 bits per heavy atom. The zero-order valence-corrected chi connectivity index (χ0v) is 17.1. The van der Waals surface area contributed by atoms with Gasteiger partial charge in [0.2, 0.25) is 0 Å². The molecule has 0 aromatic heterocycles. The van der Waals surface area contributed by atoms with E-state index in [0.717, 1.165) is 0 Å². The Kier molecular flexibility index (Phi) is 5.85. The van der Waals surface area contributed by atoms with E-state index in [0.29, 0.717) is 23.0 Å². The van der Waals surface area contributed by atoms with Gasteiger partial charge in [0.15, 0.2) is 0 Å². The minimum Gasteiger partial charge on any atom is -0.457 e. The van der Waals surface area contributed by atoms with E-state index in [9.17, 15) is 16.8 Å². The molecule has 0 heterocycles. The van der Waals surface area contributed by atoms with Crippen LogP contribution in [0, 0.1) is 0 Å². The van der Waals surface area contributed by atoms with Gasteiger partial charge < -0.3 is 9.47 Å². The molecule has 146 valence electrons. The fourth-order valence-electron chi connectivity index (χ4n) is 2.19. The van der Waals surface area contributed by atoms with Gasteiger partial charge in [-0.15, -0.1) is 0 Å². The number of benzene rings is 3. The third kappa shape index (κ3) is 5.39. The molecule has 0 saturated carbocycles. The number of hydrogen-bond acceptors (Lipinski definition) is 6. The quantitative estimate of drug-likeness (QED) is 0.476. The summed E-state index contributed by atoms with van der Waals surface area (Å²) in [6.07, 6.45) is 0. The van der Waals surface area contributed by atoms with Gasteiger partial charge in [0, 0.05) is 21.4 Å². The predicted molar refractivity (Wildman–Crippen MR) is 106 cm³/mol. The number of hydrogen-bond donors (Lipinski definition) is 0. The lowest BCUT2D eigenvalue weighted by Crippen LogP contribution is -1.91. The van der Waals surface area contributed by atoms with Gasteiger partial charge in [-0.05, 0) is 72.8 Å². The van der Waals surface area contributed by atoms with E-state index in [4.69, 9.17) is 30.8 Å². The first-order chi connectivity index (χ1) is 13.1. The largest absolute Gasteiger partial charge is 0.457 e. The van der Waals surface area contributed by atoms with Crippen molar-refractivity contribution in [2.75, 3.05) is 0 Å². The van der Waals surface area contributed by atoms with Crippen LogP contribution < -0.4 is 9.47 Å². The summed E-state index contributed by atoms with van der Waals surface area (Å²) in [6, 6.07) is 18.0. The average molecular weight is 459 g/mol. The lowest BCUT2D eigenvalue weighted by Gasteiger charge is -2.09. The van der Waals surface area contributed by atoms with Crippen molar-refractivity contribution in [3.05, 3.63) is 72.8 Å². The van der Waals surface area contributed by atoms with Gasteiger partial charge in [-0.1, -0.05) is 0 Å². The third-order valence-electron chi connectivity index (χ3n) is 3.51. The van der Waals surface area contributed by atoms with Crippen LogP contribution in [0.3, 0.4) is 0 Å². The van der Waals surface area contributed by atoms with Crippen molar-refractivity contribution in [1.29, 1.82) is 0 Å². The molecule has 3 aromatic rings. The second kappa shape index (κ2) is 8.00. The Labute approximate surface area is 171 Å². The van der Waals surface area contributed by atoms with Crippen molar-refractivity contribution >= 4 is 39.5 Å². The van der Waals surface area contributed by atoms with Crippen LogP contribution in [0.5, 0.6) is 23.0 Å². The van der Waals surface area contributed by atoms with Gasteiger partial charge >= 0.3 is 0 Å². The van der Waals surface area contributed by atoms with Gasteiger partial charge in [-0.3, -0.25) is 0 Å². The number of rotatable bonds is 6. The van der Waals surface area contributed by atoms with Crippen LogP contribution >= 0.6 is 21.4 Å². The molecule has 28 heavy (non-hydrogen) atoms. The van der Waals surface area contributed by atoms with Crippen molar-refractivity contribution in [2.24, 2.45) is 0 Å². The Morgan fingerprint density at radius 1 is 0.464 bits per heavy atom. The molecule has 3 aromatic carbocycles. The van der Waals surface area contributed by atoms with Gasteiger partial charge in [-0.25, -0.2) is 16.8 Å². The van der Waals surface area contributed by atoms with E-state index in [2.05, 4.69) is 0 Å². The molecule has 0 spiro atoms. The van der Waals surface area contributed by atoms with Gasteiger partial charge in [0.1, 0.15) is 23.0 Å². The lowest BCUT2D eigenvalue weighted by molar-refractivity contribution is 0.469. The molecule has 10 heteroatoms. The minimum atomic E-state index is -3.78. The molecule has 0 aliphatic carbocycles. The van der Waals surface area contributed by atoms with Crippen molar-refractivity contribution < 1.29 is 26.3 Å². The lowest BCUT2D eigenvalue weighted by atomic mass is 10.3. The monoisotopic (exact) mass is 458 g/mol. The molecule has 0 saturated heterocycles. The molecule has 0 amide bonds. The highest BCUT2D eigenvalue weighted by Crippen LogP contribution is 2.28. The van der Waals surface area contributed by atoms with Crippen LogP contribution in [-0.4, -0.2) is 16.8 Å². The molecule has 0 bridgehead atoms. The Hall–Kier alpha value is -2.26. The molecule has 0 N–H and O–H groups in total. The summed E-state index contributed by atoms with van der Waals surface area (Å²) in [5, 5.41) is 0. The van der Waals surface area contributed by atoms with E-state index in [1.54, 1.807) is 24.3 Å². The van der Waals surface area contributed by atoms with E-state index < -0.39 is 18.1 Å². The Morgan fingerprint density at radius 3 is 0.893 bits per heavy atom. The van der Waals surface area contributed by atoms with E-state index >= 15 is 0 Å². The summed E-state index contributed by atoms with van der Waals surface area (Å²) < 4.78 is 56.2. The second-order valence-corrected chi connectivity index (χ2v) is 10.6. The SMILES string of the molecule is O=S(=O)(Cl)c1ccc(Oc2ccc(Oc3ccc(S(=O)(=O)Cl)cc3)cc2)cc1. The molecule has 0 atom stereocenters. The Balaban J connectivity index is 1.66. The van der Waals surface area contributed by atoms with Gasteiger partial charge in [-0.2, -0.15) is 0 Å². The zero-order valence-electron chi connectivity index (χ0n) is 14.0. The molecule has 0 aliphatic heterocycles. The predicted octanol–water partition coefficient (Wildman–Crippen LogP) is 5.13. The van der Waals surface area contributed by atoms with E-state index in [1.807, 2.05) is 0 Å². The molecular formula is C18H12Cl2O6S2. The highest BCUT2D eigenvalue weighted by molar-refractivity contribution is 8.14. The normalized spacial score (nSPS) is 11.8. The minimum absolute atomic E-state index is 0.0155. The van der Waals surface area contributed by atoms with Crippen molar-refractivity contribution in [2.45, 2.75) is 9.79 Å². The maximum Gasteiger partial charge on any atom is 0.261 e. The van der Waals surface area contributed by atoms with Crippen molar-refractivity contribution in [1.82, 2.24) is 0 Å². The van der Waals surface area contributed by atoms with Crippen LogP contribution in [-0.2, 0) is 18.1 Å². The third-order valence-corrected chi connectivity index (χ3v) is 6.25. The summed E-state index contributed by atoms with van der Waals surface area (Å²) in [5.74, 6) is 1.90. The topological polar surface area (TPSA) is 86.7 Å². The molecule has 0 unspecified atom stereocenters. The van der Waals surface area contributed by atoms with Crippen LogP contribution in [0.15, 0.2) is 82.6 Å². The first kappa shape index (κ1) is 20.5. The maximum absolute atomic E-state index is 11.2. The number of ether oxygens (including phenoxy) is 2. The van der Waals surface area contributed by atoms with Crippen LogP contribution in [0.25, 0.3) is 0 Å². The fourth-order valence-corrected chi connectivity index (χ4v) is 3.73. The van der Waals surface area contributed by atoms with Crippen LogP contribution in [0.1, 0.15) is 0 Å². The number of halogens is 2. The first-order valence-electron chi connectivity index (χ1n) is 7.66. The summed E-state index contributed by atoms with van der Waals surface area (Å²) in [5.41, 5.74) is 0.